The minimum atomic E-state index is -0.267. The Hall–Kier alpha value is -2.58. The van der Waals surface area contributed by atoms with Gasteiger partial charge in [0.15, 0.2) is 0 Å². The maximum absolute atomic E-state index is 12.7. The second-order valence-electron chi connectivity index (χ2n) is 7.37. The minimum Gasteiger partial charge on any atom is -0.378 e. The van der Waals surface area contributed by atoms with Crippen LogP contribution < -0.4 is 0 Å². The first-order valence-electron chi connectivity index (χ1n) is 9.66. The zero-order valence-electron chi connectivity index (χ0n) is 16.5. The number of para-hydroxylation sites is 1. The molecule has 0 N–H and O–H groups in total. The number of hydrogen-bond donors (Lipinski definition) is 0. The van der Waals surface area contributed by atoms with Gasteiger partial charge in [-0.3, -0.25) is 19.3 Å². The van der Waals surface area contributed by atoms with Gasteiger partial charge in [-0.15, -0.1) is 0 Å². The van der Waals surface area contributed by atoms with Gasteiger partial charge in [-0.05, 0) is 37.8 Å². The largest absolute Gasteiger partial charge is 0.378 e. The van der Waals surface area contributed by atoms with E-state index >= 15 is 0 Å². The van der Waals surface area contributed by atoms with Crippen molar-refractivity contribution in [3.63, 3.8) is 0 Å². The summed E-state index contributed by atoms with van der Waals surface area (Å²) in [7, 11) is 0. The maximum atomic E-state index is 12.7. The van der Waals surface area contributed by atoms with Crippen LogP contribution in [0.3, 0.4) is 0 Å². The fourth-order valence-electron chi connectivity index (χ4n) is 3.65. The molecule has 2 aromatic rings. The molecule has 0 unspecified atom stereocenters. The van der Waals surface area contributed by atoms with Crippen LogP contribution in [0, 0.1) is 0 Å². The quantitative estimate of drug-likeness (QED) is 0.721. The van der Waals surface area contributed by atoms with Crippen molar-refractivity contribution in [2.75, 3.05) is 26.3 Å². The van der Waals surface area contributed by atoms with Crippen molar-refractivity contribution >= 4 is 45.8 Å². The number of thioether (sulfide) groups is 1. The number of aromatic nitrogens is 1. The van der Waals surface area contributed by atoms with Crippen LogP contribution in [-0.2, 0) is 20.9 Å². The van der Waals surface area contributed by atoms with E-state index < -0.39 is 0 Å². The average Bonchev–Trinajstić information content (AvgIpc) is 3.19. The van der Waals surface area contributed by atoms with Crippen molar-refractivity contribution in [1.29, 1.82) is 0 Å². The van der Waals surface area contributed by atoms with Crippen molar-refractivity contribution in [2.24, 2.45) is 0 Å². The molecule has 152 valence electrons. The van der Waals surface area contributed by atoms with Gasteiger partial charge in [0.05, 0.1) is 18.1 Å². The molecule has 0 bridgehead atoms. The molecule has 2 saturated heterocycles. The molecule has 4 rings (SSSR count). The molecule has 1 aromatic carbocycles. The van der Waals surface area contributed by atoms with Crippen LogP contribution in [0.25, 0.3) is 17.0 Å². The number of fused-ring (bicyclic) bond motifs is 1. The topological polar surface area (TPSA) is 71.8 Å². The standard InChI is InChI=1S/C21H23N3O4S/c1-14(2)24-20(26)18(29-21(24)27)11-15-12-23(17-6-4-3-5-16(15)17)13-19(25)22-7-9-28-10-8-22/h3-6,11-12,14H,7-10,13H2,1-2H3/b18-11+. The predicted molar refractivity (Wildman–Crippen MR) is 112 cm³/mol. The summed E-state index contributed by atoms with van der Waals surface area (Å²) in [6.45, 7) is 6.21. The monoisotopic (exact) mass is 413 g/mol. The fourth-order valence-corrected chi connectivity index (χ4v) is 4.60. The number of ether oxygens (including phenoxy) is 1. The number of nitrogens with zero attached hydrogens (tertiary/aromatic N) is 3. The molecule has 29 heavy (non-hydrogen) atoms. The van der Waals surface area contributed by atoms with Gasteiger partial charge >= 0.3 is 0 Å². The summed E-state index contributed by atoms with van der Waals surface area (Å²) in [6, 6.07) is 7.59. The third kappa shape index (κ3) is 3.82. The molecule has 0 radical (unpaired) electrons. The lowest BCUT2D eigenvalue weighted by molar-refractivity contribution is -0.135. The molecule has 1 aromatic heterocycles. The van der Waals surface area contributed by atoms with E-state index in [1.165, 1.54) is 4.90 Å². The van der Waals surface area contributed by atoms with Crippen LogP contribution >= 0.6 is 11.8 Å². The predicted octanol–water partition coefficient (Wildman–Crippen LogP) is 2.94. The van der Waals surface area contributed by atoms with E-state index in [9.17, 15) is 14.4 Å². The number of rotatable bonds is 4. The third-order valence-corrected chi connectivity index (χ3v) is 6.00. The molecule has 2 aliphatic heterocycles. The van der Waals surface area contributed by atoms with Crippen LogP contribution in [0.1, 0.15) is 19.4 Å². The number of carbonyl (C=O) groups excluding carboxylic acids is 3. The Labute approximate surface area is 173 Å². The molecule has 2 aliphatic rings. The van der Waals surface area contributed by atoms with Gasteiger partial charge in [0.2, 0.25) is 5.91 Å². The second kappa shape index (κ2) is 8.04. The van der Waals surface area contributed by atoms with Crippen molar-refractivity contribution in [3.05, 3.63) is 40.9 Å². The highest BCUT2D eigenvalue weighted by molar-refractivity contribution is 8.18. The Morgan fingerprint density at radius 1 is 1.21 bits per heavy atom. The summed E-state index contributed by atoms with van der Waals surface area (Å²) >= 11 is 0.960. The average molecular weight is 413 g/mol. The van der Waals surface area contributed by atoms with Crippen LogP contribution in [0.2, 0.25) is 0 Å². The smallest absolute Gasteiger partial charge is 0.293 e. The van der Waals surface area contributed by atoms with Crippen molar-refractivity contribution in [3.8, 4) is 0 Å². The van der Waals surface area contributed by atoms with Crippen LogP contribution in [0.5, 0.6) is 0 Å². The normalized spacial score (nSPS) is 19.2. The van der Waals surface area contributed by atoms with E-state index in [1.54, 1.807) is 6.08 Å². The third-order valence-electron chi connectivity index (χ3n) is 5.12. The lowest BCUT2D eigenvalue weighted by Gasteiger charge is -2.27. The van der Waals surface area contributed by atoms with E-state index in [0.717, 1.165) is 28.2 Å². The van der Waals surface area contributed by atoms with Crippen molar-refractivity contribution in [2.45, 2.75) is 26.4 Å². The van der Waals surface area contributed by atoms with E-state index in [-0.39, 0.29) is 29.6 Å². The van der Waals surface area contributed by atoms with E-state index in [1.807, 2.05) is 53.8 Å². The molecular weight excluding hydrogens is 390 g/mol. The van der Waals surface area contributed by atoms with Gasteiger partial charge in [0.1, 0.15) is 6.54 Å². The zero-order valence-corrected chi connectivity index (χ0v) is 17.3. The first kappa shape index (κ1) is 19.7. The molecule has 2 fully saturated rings. The fraction of sp³-hybridized carbons (Fsp3) is 0.381. The van der Waals surface area contributed by atoms with E-state index in [4.69, 9.17) is 4.74 Å². The number of morpholine rings is 1. The molecular formula is C21H23N3O4S. The first-order chi connectivity index (χ1) is 14.0. The minimum absolute atomic E-state index is 0.0423. The van der Waals surface area contributed by atoms with E-state index in [2.05, 4.69) is 0 Å². The summed E-state index contributed by atoms with van der Waals surface area (Å²) < 4.78 is 7.23. The highest BCUT2D eigenvalue weighted by atomic mass is 32.2. The molecule has 0 spiro atoms. The van der Waals surface area contributed by atoms with Gasteiger partial charge in [-0.25, -0.2) is 0 Å². The second-order valence-corrected chi connectivity index (χ2v) is 8.36. The Bertz CT molecular complexity index is 1000. The first-order valence-corrected chi connectivity index (χ1v) is 10.5. The number of benzene rings is 1. The van der Waals surface area contributed by atoms with Crippen molar-refractivity contribution in [1.82, 2.24) is 14.4 Å². The Balaban J connectivity index is 1.65. The van der Waals surface area contributed by atoms with Gasteiger partial charge in [0, 0.05) is 41.8 Å². The summed E-state index contributed by atoms with van der Waals surface area (Å²) in [5.74, 6) is -0.225. The summed E-state index contributed by atoms with van der Waals surface area (Å²) in [4.78, 5) is 41.0. The highest BCUT2D eigenvalue weighted by Gasteiger charge is 2.36. The highest BCUT2D eigenvalue weighted by Crippen LogP contribution is 2.35. The molecule has 3 heterocycles. The van der Waals surface area contributed by atoms with Gasteiger partial charge in [-0.2, -0.15) is 0 Å². The number of amides is 3. The molecule has 8 heteroatoms. The summed E-state index contributed by atoms with van der Waals surface area (Å²) in [5.41, 5.74) is 1.74. The van der Waals surface area contributed by atoms with Crippen LogP contribution in [-0.4, -0.2) is 63.8 Å². The molecule has 0 saturated carbocycles. The Kier molecular flexibility index (Phi) is 5.47. The lowest BCUT2D eigenvalue weighted by atomic mass is 10.1. The Morgan fingerprint density at radius 3 is 2.62 bits per heavy atom. The zero-order chi connectivity index (χ0) is 20.5. The number of imide groups is 1. The number of carbonyl (C=O) groups is 3. The van der Waals surface area contributed by atoms with Gasteiger partial charge in [0.25, 0.3) is 11.1 Å². The van der Waals surface area contributed by atoms with Gasteiger partial charge in [-0.1, -0.05) is 18.2 Å². The Morgan fingerprint density at radius 2 is 1.93 bits per heavy atom. The summed E-state index contributed by atoms with van der Waals surface area (Å²) in [6.07, 6.45) is 3.64. The molecule has 0 aliphatic carbocycles. The van der Waals surface area contributed by atoms with Gasteiger partial charge < -0.3 is 14.2 Å². The lowest BCUT2D eigenvalue weighted by Crippen LogP contribution is -2.42. The summed E-state index contributed by atoms with van der Waals surface area (Å²) in [5, 5.41) is 0.695. The SMILES string of the molecule is CC(C)N1C(=O)S/C(=C/c2cn(CC(=O)N3CCOCC3)c3ccccc23)C1=O. The molecule has 7 nitrogen and oxygen atoms in total. The number of hydrogen-bond acceptors (Lipinski definition) is 5. The van der Waals surface area contributed by atoms with Crippen molar-refractivity contribution < 1.29 is 19.1 Å². The molecule has 3 amide bonds. The van der Waals surface area contributed by atoms with Crippen LogP contribution in [0.4, 0.5) is 4.79 Å². The molecule has 0 atom stereocenters. The maximum Gasteiger partial charge on any atom is 0.293 e. The van der Waals surface area contributed by atoms with E-state index in [0.29, 0.717) is 31.2 Å². The van der Waals surface area contributed by atoms with Crippen LogP contribution in [0.15, 0.2) is 35.4 Å².